The third-order valence-electron chi connectivity index (χ3n) is 4.14. The molecule has 0 saturated carbocycles. The number of nitrogens with zero attached hydrogens (tertiary/aromatic N) is 1. The maximum Gasteiger partial charge on any atom is 0.126 e. The van der Waals surface area contributed by atoms with Crippen LogP contribution in [0.5, 0.6) is 11.5 Å². The summed E-state index contributed by atoms with van der Waals surface area (Å²) in [5, 5.41) is 1.14. The smallest absolute Gasteiger partial charge is 0.126 e. The number of hydrogen-bond acceptors (Lipinski definition) is 3. The van der Waals surface area contributed by atoms with Gasteiger partial charge in [-0.1, -0.05) is 38.1 Å². The van der Waals surface area contributed by atoms with E-state index < -0.39 is 0 Å². The summed E-state index contributed by atoms with van der Waals surface area (Å²) < 4.78 is 11.8. The van der Waals surface area contributed by atoms with E-state index in [1.54, 1.807) is 0 Å². The van der Waals surface area contributed by atoms with Gasteiger partial charge in [-0.15, -0.1) is 0 Å². The summed E-state index contributed by atoms with van der Waals surface area (Å²) in [6.07, 6.45) is 1.95. The quantitative estimate of drug-likeness (QED) is 0.548. The first-order valence-electron chi connectivity index (χ1n) is 8.99. The van der Waals surface area contributed by atoms with Gasteiger partial charge in [0.15, 0.2) is 0 Å². The summed E-state index contributed by atoms with van der Waals surface area (Å²) in [6, 6.07) is 16.4. The van der Waals surface area contributed by atoms with Crippen LogP contribution >= 0.6 is 0 Å². The fraction of sp³-hybridized carbons (Fsp3) is 0.318. The molecular weight excluding hydrogens is 310 g/mol. The highest BCUT2D eigenvalue weighted by Gasteiger charge is 2.13. The number of rotatable bonds is 7. The molecule has 0 aliphatic heterocycles. The molecule has 3 rings (SSSR count). The van der Waals surface area contributed by atoms with E-state index >= 15 is 0 Å². The zero-order chi connectivity index (χ0) is 17.6. The summed E-state index contributed by atoms with van der Waals surface area (Å²) in [5.74, 6) is 1.71. The van der Waals surface area contributed by atoms with E-state index in [1.807, 2.05) is 24.3 Å². The van der Waals surface area contributed by atoms with E-state index in [4.69, 9.17) is 14.5 Å². The van der Waals surface area contributed by atoms with E-state index in [-0.39, 0.29) is 0 Å². The van der Waals surface area contributed by atoms with Crippen LogP contribution in [0.25, 0.3) is 22.2 Å². The number of hydrogen-bond donors (Lipinski definition) is 0. The van der Waals surface area contributed by atoms with Gasteiger partial charge >= 0.3 is 0 Å². The van der Waals surface area contributed by atoms with E-state index in [0.29, 0.717) is 13.2 Å². The normalized spacial score (nSPS) is 10.8. The molecule has 0 atom stereocenters. The highest BCUT2D eigenvalue weighted by Crippen LogP contribution is 2.35. The van der Waals surface area contributed by atoms with Crippen LogP contribution < -0.4 is 9.47 Å². The lowest BCUT2D eigenvalue weighted by atomic mass is 10.0. The van der Waals surface area contributed by atoms with Gasteiger partial charge in [0, 0.05) is 22.6 Å². The fourth-order valence-electron chi connectivity index (χ4n) is 2.81. The number of ether oxygens (including phenoxy) is 2. The lowest BCUT2D eigenvalue weighted by molar-refractivity contribution is 0.300. The number of para-hydroxylation sites is 1. The second-order valence-electron chi connectivity index (χ2n) is 6.18. The largest absolute Gasteiger partial charge is 0.493 e. The Labute approximate surface area is 149 Å². The molecule has 3 heteroatoms. The zero-order valence-corrected chi connectivity index (χ0v) is 15.2. The summed E-state index contributed by atoms with van der Waals surface area (Å²) >= 11 is 0. The number of fused-ring (bicyclic) bond motifs is 1. The van der Waals surface area contributed by atoms with Crippen molar-refractivity contribution in [1.82, 2.24) is 4.98 Å². The van der Waals surface area contributed by atoms with Crippen molar-refractivity contribution >= 4 is 10.9 Å². The molecule has 25 heavy (non-hydrogen) atoms. The average Bonchev–Trinajstić information content (AvgIpc) is 2.65. The van der Waals surface area contributed by atoms with Crippen molar-refractivity contribution in [3.8, 4) is 22.8 Å². The molecular formula is C22H25NO2. The Kier molecular flexibility index (Phi) is 5.54. The fourth-order valence-corrected chi connectivity index (χ4v) is 2.81. The molecule has 2 aromatic carbocycles. The molecule has 1 aromatic heterocycles. The van der Waals surface area contributed by atoms with Crippen molar-refractivity contribution in [2.45, 2.75) is 33.6 Å². The Balaban J connectivity index is 2.07. The first-order chi connectivity index (χ1) is 12.2. The molecule has 1 heterocycles. The van der Waals surface area contributed by atoms with Gasteiger partial charge in [-0.25, -0.2) is 4.98 Å². The molecule has 0 aliphatic carbocycles. The lowest BCUT2D eigenvalue weighted by Gasteiger charge is -2.16. The van der Waals surface area contributed by atoms with Crippen LogP contribution in [0.3, 0.4) is 0 Å². The zero-order valence-electron chi connectivity index (χ0n) is 15.2. The number of aromatic nitrogens is 1. The maximum absolute atomic E-state index is 5.95. The molecule has 0 amide bonds. The van der Waals surface area contributed by atoms with Crippen LogP contribution in [0.15, 0.2) is 48.5 Å². The van der Waals surface area contributed by atoms with Gasteiger partial charge in [-0.3, -0.25) is 0 Å². The Morgan fingerprint density at radius 3 is 2.44 bits per heavy atom. The molecule has 3 nitrogen and oxygen atoms in total. The lowest BCUT2D eigenvalue weighted by Crippen LogP contribution is -2.01. The topological polar surface area (TPSA) is 31.4 Å². The maximum atomic E-state index is 5.95. The van der Waals surface area contributed by atoms with Gasteiger partial charge in [-0.05, 0) is 38.0 Å². The minimum absolute atomic E-state index is 0.695. The SMILES string of the molecule is CCCOc1cc(OCCC)c(C)c(-c2ccc3ccccc3n2)c1. The molecule has 130 valence electrons. The first kappa shape index (κ1) is 17.3. The molecule has 0 bridgehead atoms. The molecule has 0 radical (unpaired) electrons. The number of benzene rings is 2. The highest BCUT2D eigenvalue weighted by molar-refractivity contribution is 5.82. The standard InChI is InChI=1S/C22H25NO2/c1-4-12-24-18-14-19(16(3)22(15-18)25-13-5-2)21-11-10-17-8-6-7-9-20(17)23-21/h6-11,14-15H,4-5,12-13H2,1-3H3. The van der Waals surface area contributed by atoms with E-state index in [1.165, 1.54) is 0 Å². The minimum atomic E-state index is 0.695. The Morgan fingerprint density at radius 1 is 0.880 bits per heavy atom. The van der Waals surface area contributed by atoms with Crippen LogP contribution in [0.4, 0.5) is 0 Å². The van der Waals surface area contributed by atoms with Gasteiger partial charge < -0.3 is 9.47 Å². The Morgan fingerprint density at radius 2 is 1.64 bits per heavy atom. The predicted molar refractivity (Wildman–Crippen MR) is 103 cm³/mol. The van der Waals surface area contributed by atoms with Crippen LogP contribution in [0.2, 0.25) is 0 Å². The second kappa shape index (κ2) is 8.02. The average molecular weight is 335 g/mol. The predicted octanol–water partition coefficient (Wildman–Crippen LogP) is 5.79. The number of pyridine rings is 1. The Hall–Kier alpha value is -2.55. The van der Waals surface area contributed by atoms with Crippen LogP contribution in [0.1, 0.15) is 32.3 Å². The summed E-state index contributed by atoms with van der Waals surface area (Å²) in [5.41, 5.74) is 4.10. The molecule has 0 N–H and O–H groups in total. The molecule has 0 unspecified atom stereocenters. The third kappa shape index (κ3) is 3.93. The molecule has 0 saturated heterocycles. The van der Waals surface area contributed by atoms with Crippen molar-refractivity contribution in [3.05, 3.63) is 54.1 Å². The van der Waals surface area contributed by atoms with Crippen LogP contribution in [-0.4, -0.2) is 18.2 Å². The van der Waals surface area contributed by atoms with Gasteiger partial charge in [-0.2, -0.15) is 0 Å². The molecule has 0 aliphatic rings. The van der Waals surface area contributed by atoms with Crippen molar-refractivity contribution < 1.29 is 9.47 Å². The highest BCUT2D eigenvalue weighted by atomic mass is 16.5. The van der Waals surface area contributed by atoms with Crippen LogP contribution in [0, 0.1) is 6.92 Å². The first-order valence-corrected chi connectivity index (χ1v) is 8.99. The van der Waals surface area contributed by atoms with Crippen molar-refractivity contribution in [1.29, 1.82) is 0 Å². The van der Waals surface area contributed by atoms with E-state index in [2.05, 4.69) is 45.0 Å². The van der Waals surface area contributed by atoms with Crippen molar-refractivity contribution in [3.63, 3.8) is 0 Å². The summed E-state index contributed by atoms with van der Waals surface area (Å²) in [7, 11) is 0. The molecule has 3 aromatic rings. The van der Waals surface area contributed by atoms with Crippen molar-refractivity contribution in [2.24, 2.45) is 0 Å². The summed E-state index contributed by atoms with van der Waals surface area (Å²) in [6.45, 7) is 7.69. The van der Waals surface area contributed by atoms with Gasteiger partial charge in [0.05, 0.1) is 24.4 Å². The second-order valence-corrected chi connectivity index (χ2v) is 6.18. The Bertz CT molecular complexity index is 858. The van der Waals surface area contributed by atoms with E-state index in [0.717, 1.165) is 52.1 Å². The van der Waals surface area contributed by atoms with Gasteiger partial charge in [0.1, 0.15) is 11.5 Å². The molecule has 0 fully saturated rings. The van der Waals surface area contributed by atoms with Gasteiger partial charge in [0.25, 0.3) is 0 Å². The van der Waals surface area contributed by atoms with Crippen molar-refractivity contribution in [2.75, 3.05) is 13.2 Å². The minimum Gasteiger partial charge on any atom is -0.493 e. The van der Waals surface area contributed by atoms with Gasteiger partial charge in [0.2, 0.25) is 0 Å². The van der Waals surface area contributed by atoms with E-state index in [9.17, 15) is 0 Å². The van der Waals surface area contributed by atoms with Crippen LogP contribution in [-0.2, 0) is 0 Å². The summed E-state index contributed by atoms with van der Waals surface area (Å²) in [4.78, 5) is 4.84. The molecule has 0 spiro atoms. The third-order valence-corrected chi connectivity index (χ3v) is 4.14. The monoisotopic (exact) mass is 335 g/mol.